The van der Waals surface area contributed by atoms with E-state index in [1.807, 2.05) is 12.2 Å². The first-order chi connectivity index (χ1) is 13.6. The zero-order valence-corrected chi connectivity index (χ0v) is 14.7. The van der Waals surface area contributed by atoms with Crippen molar-refractivity contribution < 1.29 is 30.7 Å². The Morgan fingerprint density at radius 1 is 1.28 bits per heavy atom. The van der Waals surface area contributed by atoms with Crippen molar-refractivity contribution in [1.29, 1.82) is 0 Å². The van der Waals surface area contributed by atoms with Gasteiger partial charge in [-0.2, -0.15) is 0 Å². The highest BCUT2D eigenvalue weighted by Crippen LogP contribution is 2.36. The third-order valence-corrected chi connectivity index (χ3v) is 4.39. The Hall–Kier alpha value is -1.17. The zero-order chi connectivity index (χ0) is 22.1. The highest BCUT2D eigenvalue weighted by atomic mass is 16.4. The number of allylic oxidation sites excluding steroid dienone is 2. The molecule has 5 heteroatoms. The van der Waals surface area contributed by atoms with Crippen molar-refractivity contribution in [3.63, 3.8) is 0 Å². The first-order valence-corrected chi connectivity index (χ1v) is 8.84. The molecule has 0 spiro atoms. The van der Waals surface area contributed by atoms with E-state index in [0.29, 0.717) is 19.3 Å². The molecule has 1 aliphatic rings. The average molecular weight is 359 g/mol. The van der Waals surface area contributed by atoms with Gasteiger partial charge in [0.25, 0.3) is 0 Å². The minimum atomic E-state index is -1.30. The Labute approximate surface area is 156 Å². The van der Waals surface area contributed by atoms with Crippen LogP contribution >= 0.6 is 0 Å². The lowest BCUT2D eigenvalue weighted by Gasteiger charge is -2.19. The highest BCUT2D eigenvalue weighted by molar-refractivity contribution is 5.66. The number of unbranched alkanes of at least 4 members (excludes halogenated alkanes) is 1. The van der Waals surface area contributed by atoms with Gasteiger partial charge in [-0.05, 0) is 31.6 Å². The predicted molar refractivity (Wildman–Crippen MR) is 98.1 cm³/mol. The number of carbonyl (C=O) groups is 1. The van der Waals surface area contributed by atoms with Crippen molar-refractivity contribution in [2.75, 3.05) is 0 Å². The third kappa shape index (κ3) is 8.66. The van der Waals surface area contributed by atoms with Crippen molar-refractivity contribution in [3.8, 4) is 0 Å². The van der Waals surface area contributed by atoms with Crippen molar-refractivity contribution in [1.82, 2.24) is 0 Å². The molecule has 4 unspecified atom stereocenters. The quantitative estimate of drug-likeness (QED) is 0.317. The monoisotopic (exact) mass is 358 g/mol. The maximum absolute atomic E-state index is 10.5. The molecule has 0 saturated heterocycles. The number of rotatable bonds is 12. The second kappa shape index (κ2) is 12.2. The van der Waals surface area contributed by atoms with E-state index in [0.717, 1.165) is 0 Å². The average Bonchev–Trinajstić information content (AvgIpc) is 2.92. The smallest absolute Gasteiger partial charge is 0.303 e. The van der Waals surface area contributed by atoms with Crippen LogP contribution in [0.2, 0.25) is 0 Å². The number of aliphatic carboxylic acids is 1. The van der Waals surface area contributed by atoms with Crippen LogP contribution in [0.5, 0.6) is 0 Å². The highest BCUT2D eigenvalue weighted by Gasteiger charge is 2.39. The Morgan fingerprint density at radius 2 is 2.04 bits per heavy atom. The van der Waals surface area contributed by atoms with E-state index in [9.17, 15) is 20.1 Å². The molecule has 0 heterocycles. The molecule has 0 bridgehead atoms. The summed E-state index contributed by atoms with van der Waals surface area (Å²) in [5.74, 6) is -1.52. The molecule has 144 valence electrons. The molecule has 1 fully saturated rings. The second-order valence-electron chi connectivity index (χ2n) is 6.39. The molecule has 5 nitrogen and oxygen atoms in total. The maximum atomic E-state index is 10.5. The van der Waals surface area contributed by atoms with Crippen LogP contribution in [0.15, 0.2) is 24.3 Å². The molecule has 0 aromatic heterocycles. The number of carboxylic acid groups (broad SMARTS) is 1. The molecule has 0 amide bonds. The van der Waals surface area contributed by atoms with E-state index in [-0.39, 0.29) is 18.8 Å². The normalized spacial score (nSPS) is 35.5. The standard InChI is InChI=1S/C20H34O5/c1-2-3-6-9-15(21)12-13-17-16(18(22)14-19(17)23)10-7-4-5-8-11-20(24)25/h4,7,12-13,15-19,21-23H,2-3,5-6,8-11,14H2,1H3,(H,24,25)/b7-4-,13-12+/t15-,16+,17-,18+,19-/m0/s1/i2D,3D,6D,9D/t2?,3?,6?,9?,15-,16+,17-,18+,19-. The van der Waals surface area contributed by atoms with Crippen LogP contribution in [0.1, 0.15) is 70.1 Å². The van der Waals surface area contributed by atoms with Gasteiger partial charge in [-0.3, -0.25) is 4.79 Å². The predicted octanol–water partition coefficient (Wildman–Crippen LogP) is 3.04. The fraction of sp³-hybridized carbons (Fsp3) is 0.750. The summed E-state index contributed by atoms with van der Waals surface area (Å²) in [7, 11) is 0. The molecule has 1 saturated carbocycles. The Kier molecular flexibility index (Phi) is 7.84. The summed E-state index contributed by atoms with van der Waals surface area (Å²) in [6.45, 7) is 1.48. The lowest BCUT2D eigenvalue weighted by Crippen LogP contribution is -2.20. The number of carboxylic acids is 1. The first-order valence-electron chi connectivity index (χ1n) is 11.2. The van der Waals surface area contributed by atoms with Crippen LogP contribution in [0.3, 0.4) is 0 Å². The van der Waals surface area contributed by atoms with Gasteiger partial charge in [-0.25, -0.2) is 0 Å². The van der Waals surface area contributed by atoms with E-state index in [1.165, 1.54) is 13.0 Å². The van der Waals surface area contributed by atoms with Crippen molar-refractivity contribution in [2.24, 2.45) is 11.8 Å². The van der Waals surface area contributed by atoms with Crippen molar-refractivity contribution in [2.45, 2.75) is 82.9 Å². The lowest BCUT2D eigenvalue weighted by atomic mass is 9.89. The Morgan fingerprint density at radius 3 is 2.72 bits per heavy atom. The van der Waals surface area contributed by atoms with Crippen LogP contribution in [0.25, 0.3) is 0 Å². The Bertz CT molecular complexity index is 557. The largest absolute Gasteiger partial charge is 0.481 e. The van der Waals surface area contributed by atoms with Gasteiger partial charge in [0, 0.05) is 24.2 Å². The maximum Gasteiger partial charge on any atom is 0.303 e. The summed E-state index contributed by atoms with van der Waals surface area (Å²) < 4.78 is 31.1. The first kappa shape index (κ1) is 16.0. The topological polar surface area (TPSA) is 98.0 Å². The van der Waals surface area contributed by atoms with Crippen molar-refractivity contribution in [3.05, 3.63) is 24.3 Å². The molecule has 9 atom stereocenters. The number of aliphatic hydroxyl groups is 3. The van der Waals surface area contributed by atoms with Gasteiger partial charge in [-0.1, -0.05) is 50.4 Å². The summed E-state index contributed by atoms with van der Waals surface area (Å²) in [5, 5.41) is 39.3. The third-order valence-electron chi connectivity index (χ3n) is 4.39. The van der Waals surface area contributed by atoms with Crippen LogP contribution in [0, 0.1) is 11.8 Å². The van der Waals surface area contributed by atoms with Crippen LogP contribution in [0.4, 0.5) is 0 Å². The van der Waals surface area contributed by atoms with Gasteiger partial charge < -0.3 is 20.4 Å². The van der Waals surface area contributed by atoms with Gasteiger partial charge in [0.2, 0.25) is 0 Å². The van der Waals surface area contributed by atoms with Gasteiger partial charge in [0.1, 0.15) is 0 Å². The van der Waals surface area contributed by atoms with Gasteiger partial charge in [0.05, 0.1) is 18.3 Å². The molecule has 25 heavy (non-hydrogen) atoms. The fourth-order valence-electron chi connectivity index (χ4n) is 3.04. The summed E-state index contributed by atoms with van der Waals surface area (Å²) >= 11 is 0. The van der Waals surface area contributed by atoms with E-state index in [1.54, 1.807) is 6.08 Å². The molecule has 1 rings (SSSR count). The summed E-state index contributed by atoms with van der Waals surface area (Å²) in [4.78, 5) is 10.5. The molecule has 1 aliphatic carbocycles. The summed E-state index contributed by atoms with van der Waals surface area (Å²) in [6, 6.07) is 0. The van der Waals surface area contributed by atoms with E-state index in [4.69, 9.17) is 10.6 Å². The molecule has 0 aromatic carbocycles. The molecule has 0 aliphatic heterocycles. The Balaban J connectivity index is 2.66. The molecular formula is C20H34O5. The van der Waals surface area contributed by atoms with Crippen LogP contribution < -0.4 is 0 Å². The number of hydrogen-bond donors (Lipinski definition) is 4. The SMILES string of the molecule is [2H]C(C)C([2H])C([2H])C([2H])[C@H](O)/C=C/[C@H]1[C@@H](C/C=C\CCCC(=O)O)[C@H](O)C[C@@H]1O. The molecule has 0 aromatic rings. The van der Waals surface area contributed by atoms with E-state index in [2.05, 4.69) is 0 Å². The minimum Gasteiger partial charge on any atom is -0.481 e. The van der Waals surface area contributed by atoms with Crippen LogP contribution in [-0.2, 0) is 4.79 Å². The van der Waals surface area contributed by atoms with E-state index < -0.39 is 55.8 Å². The van der Waals surface area contributed by atoms with Gasteiger partial charge in [-0.15, -0.1) is 0 Å². The van der Waals surface area contributed by atoms with Crippen molar-refractivity contribution >= 4 is 5.97 Å². The minimum absolute atomic E-state index is 0.0990. The number of hydrogen-bond acceptors (Lipinski definition) is 4. The zero-order valence-electron chi connectivity index (χ0n) is 18.7. The summed E-state index contributed by atoms with van der Waals surface area (Å²) in [5.41, 5.74) is 0. The lowest BCUT2D eigenvalue weighted by molar-refractivity contribution is -0.137. The van der Waals surface area contributed by atoms with Gasteiger partial charge in [0.15, 0.2) is 0 Å². The summed E-state index contributed by atoms with van der Waals surface area (Å²) in [6.07, 6.45) is 1.34. The number of aliphatic hydroxyl groups excluding tert-OH is 3. The fourth-order valence-corrected chi connectivity index (χ4v) is 3.04. The van der Waals surface area contributed by atoms with E-state index >= 15 is 0 Å². The molecule has 4 N–H and O–H groups in total. The second-order valence-corrected chi connectivity index (χ2v) is 6.39. The van der Waals surface area contributed by atoms with Crippen LogP contribution in [-0.4, -0.2) is 44.7 Å². The van der Waals surface area contributed by atoms with Gasteiger partial charge >= 0.3 is 5.97 Å². The molecular weight excluding hydrogens is 320 g/mol. The molecule has 0 radical (unpaired) electrons.